The molecule has 1 atom stereocenters. The fourth-order valence-electron chi connectivity index (χ4n) is 3.35. The first-order chi connectivity index (χ1) is 10.8. The number of ketones is 1. The summed E-state index contributed by atoms with van der Waals surface area (Å²) in [6.45, 7) is 0. The molecule has 3 aromatic rings. The third-order valence-corrected chi connectivity index (χ3v) is 4.57. The van der Waals surface area contributed by atoms with E-state index in [1.807, 2.05) is 42.5 Å². The molecular formula is C18H16NO2P. The van der Waals surface area contributed by atoms with Gasteiger partial charge in [-0.15, -0.1) is 0 Å². The van der Waals surface area contributed by atoms with Gasteiger partial charge in [-0.25, -0.2) is 0 Å². The lowest BCUT2D eigenvalue weighted by Gasteiger charge is -2.15. The smallest absolute Gasteiger partial charge is 0.165 e. The van der Waals surface area contributed by atoms with Crippen LogP contribution in [-0.4, -0.2) is 10.4 Å². The molecule has 4 rings (SSSR count). The van der Waals surface area contributed by atoms with E-state index in [9.17, 15) is 4.79 Å². The van der Waals surface area contributed by atoms with E-state index in [1.54, 1.807) is 0 Å². The predicted molar refractivity (Wildman–Crippen MR) is 90.9 cm³/mol. The summed E-state index contributed by atoms with van der Waals surface area (Å²) in [5.74, 6) is 1.07. The van der Waals surface area contributed by atoms with Crippen molar-refractivity contribution in [2.75, 3.05) is 0 Å². The van der Waals surface area contributed by atoms with E-state index < -0.39 is 0 Å². The maximum atomic E-state index is 12.4. The maximum Gasteiger partial charge on any atom is 0.165 e. The number of para-hydroxylation sites is 1. The van der Waals surface area contributed by atoms with Crippen molar-refractivity contribution in [2.24, 2.45) is 0 Å². The van der Waals surface area contributed by atoms with Gasteiger partial charge in [-0.2, -0.15) is 0 Å². The first-order valence-corrected chi connectivity index (χ1v) is 7.89. The number of fused-ring (bicyclic) bond motifs is 3. The summed E-state index contributed by atoms with van der Waals surface area (Å²) in [7, 11) is 2.25. The largest absolute Gasteiger partial charge is 0.480 e. The summed E-state index contributed by atoms with van der Waals surface area (Å²) in [4.78, 5) is 12.4. The maximum absolute atomic E-state index is 12.4. The van der Waals surface area contributed by atoms with Crippen LogP contribution in [0.1, 0.15) is 28.9 Å². The van der Waals surface area contributed by atoms with Gasteiger partial charge in [-0.05, 0) is 43.2 Å². The SMILES string of the molecule is O=C1CCCc2c1c1ccccc1n2-c1ccc(OP)cc1. The lowest BCUT2D eigenvalue weighted by molar-refractivity contribution is 0.0973. The van der Waals surface area contributed by atoms with Crippen molar-refractivity contribution in [3.05, 3.63) is 59.8 Å². The number of rotatable bonds is 2. The van der Waals surface area contributed by atoms with Gasteiger partial charge in [0.05, 0.1) is 15.0 Å². The average Bonchev–Trinajstić information content (AvgIpc) is 2.90. The minimum atomic E-state index is 0.265. The Balaban J connectivity index is 2.02. The average molecular weight is 309 g/mol. The van der Waals surface area contributed by atoms with Crippen LogP contribution in [0, 0.1) is 0 Å². The molecule has 110 valence electrons. The molecule has 0 saturated heterocycles. The van der Waals surface area contributed by atoms with Crippen LogP contribution >= 0.6 is 9.47 Å². The van der Waals surface area contributed by atoms with Crippen molar-refractivity contribution in [1.82, 2.24) is 4.57 Å². The van der Waals surface area contributed by atoms with Crippen molar-refractivity contribution in [2.45, 2.75) is 19.3 Å². The number of hydrogen-bond acceptors (Lipinski definition) is 2. The van der Waals surface area contributed by atoms with Gasteiger partial charge in [0.1, 0.15) is 5.75 Å². The van der Waals surface area contributed by atoms with E-state index in [4.69, 9.17) is 4.52 Å². The third kappa shape index (κ3) is 1.97. The zero-order valence-electron chi connectivity index (χ0n) is 12.1. The highest BCUT2D eigenvalue weighted by Gasteiger charge is 2.25. The number of carbonyl (C=O) groups is 1. The van der Waals surface area contributed by atoms with Gasteiger partial charge in [0.15, 0.2) is 5.78 Å². The zero-order chi connectivity index (χ0) is 15.1. The van der Waals surface area contributed by atoms with Gasteiger partial charge >= 0.3 is 0 Å². The summed E-state index contributed by atoms with van der Waals surface area (Å²) in [6.07, 6.45) is 2.52. The molecule has 1 aromatic heterocycles. The van der Waals surface area contributed by atoms with E-state index in [-0.39, 0.29) is 5.78 Å². The van der Waals surface area contributed by atoms with Gasteiger partial charge in [0, 0.05) is 28.8 Å². The predicted octanol–water partition coefficient (Wildman–Crippen LogP) is 4.32. The molecule has 1 unspecified atom stereocenters. The van der Waals surface area contributed by atoms with Crippen molar-refractivity contribution >= 4 is 26.2 Å². The molecule has 1 heterocycles. The number of Topliss-reactive ketones (excluding diaryl/α,β-unsaturated/α-hetero) is 1. The van der Waals surface area contributed by atoms with Gasteiger partial charge in [-0.1, -0.05) is 18.2 Å². The third-order valence-electron chi connectivity index (χ3n) is 4.30. The molecule has 0 bridgehead atoms. The molecule has 22 heavy (non-hydrogen) atoms. The summed E-state index contributed by atoms with van der Waals surface area (Å²) < 4.78 is 7.37. The van der Waals surface area contributed by atoms with Gasteiger partial charge in [-0.3, -0.25) is 4.79 Å². The monoisotopic (exact) mass is 309 g/mol. The van der Waals surface area contributed by atoms with E-state index >= 15 is 0 Å². The quantitative estimate of drug-likeness (QED) is 0.660. The standard InChI is InChI=1S/C18H16NO2P/c20-17-7-3-6-16-18(17)14-4-1-2-5-15(14)19(16)12-8-10-13(21-22)11-9-12/h1-2,4-5,8-11H,3,6-7,22H2. The van der Waals surface area contributed by atoms with Gasteiger partial charge < -0.3 is 9.09 Å². The highest BCUT2D eigenvalue weighted by molar-refractivity contribution is 7.10. The van der Waals surface area contributed by atoms with Gasteiger partial charge in [0.2, 0.25) is 0 Å². The normalized spacial score (nSPS) is 14.1. The molecule has 0 fully saturated rings. The molecule has 0 spiro atoms. The van der Waals surface area contributed by atoms with E-state index in [1.165, 1.54) is 0 Å². The van der Waals surface area contributed by atoms with Crippen molar-refractivity contribution in [3.63, 3.8) is 0 Å². The molecule has 0 amide bonds. The second-order valence-electron chi connectivity index (χ2n) is 5.56. The highest BCUT2D eigenvalue weighted by Crippen LogP contribution is 2.34. The second kappa shape index (κ2) is 5.26. The zero-order valence-corrected chi connectivity index (χ0v) is 13.2. The molecule has 3 nitrogen and oxygen atoms in total. The van der Waals surface area contributed by atoms with Crippen molar-refractivity contribution in [1.29, 1.82) is 0 Å². The van der Waals surface area contributed by atoms with Gasteiger partial charge in [0.25, 0.3) is 0 Å². The number of hydrogen-bond donors (Lipinski definition) is 0. The summed E-state index contributed by atoms with van der Waals surface area (Å²) in [5, 5.41) is 1.06. The molecule has 0 N–H and O–H groups in total. The molecular weight excluding hydrogens is 293 g/mol. The summed E-state index contributed by atoms with van der Waals surface area (Å²) >= 11 is 0. The second-order valence-corrected chi connectivity index (χ2v) is 5.80. The lowest BCUT2D eigenvalue weighted by atomic mass is 9.94. The summed E-state index contributed by atoms with van der Waals surface area (Å²) in [5.41, 5.74) is 4.21. The Morgan fingerprint density at radius 1 is 1.00 bits per heavy atom. The number of benzene rings is 2. The lowest BCUT2D eigenvalue weighted by Crippen LogP contribution is -2.12. The van der Waals surface area contributed by atoms with Crippen molar-refractivity contribution < 1.29 is 9.32 Å². The Morgan fingerprint density at radius 2 is 1.77 bits per heavy atom. The first kappa shape index (κ1) is 13.5. The molecule has 1 aliphatic carbocycles. The van der Waals surface area contributed by atoms with Crippen molar-refractivity contribution in [3.8, 4) is 11.4 Å². The number of carbonyl (C=O) groups excluding carboxylic acids is 1. The molecule has 2 aromatic carbocycles. The minimum Gasteiger partial charge on any atom is -0.480 e. The molecule has 4 heteroatoms. The Labute approximate surface area is 131 Å². The first-order valence-electron chi connectivity index (χ1n) is 7.42. The van der Waals surface area contributed by atoms with Crippen LogP contribution in [0.4, 0.5) is 0 Å². The Bertz CT molecular complexity index is 865. The minimum absolute atomic E-state index is 0.265. The summed E-state index contributed by atoms with van der Waals surface area (Å²) in [6, 6.07) is 16.1. The Hall–Kier alpha value is -2.12. The fourth-order valence-corrected chi connectivity index (χ4v) is 3.51. The van der Waals surface area contributed by atoms with Crippen LogP contribution in [0.5, 0.6) is 5.75 Å². The molecule has 0 radical (unpaired) electrons. The van der Waals surface area contributed by atoms with Crippen LogP contribution in [-0.2, 0) is 6.42 Å². The number of nitrogens with zero attached hydrogens (tertiary/aromatic N) is 1. The van der Waals surface area contributed by atoms with Crippen LogP contribution in [0.2, 0.25) is 0 Å². The van der Waals surface area contributed by atoms with E-state index in [2.05, 4.69) is 20.1 Å². The van der Waals surface area contributed by atoms with Crippen LogP contribution in [0.25, 0.3) is 16.6 Å². The molecule has 0 saturated carbocycles. The van der Waals surface area contributed by atoms with Crippen LogP contribution in [0.3, 0.4) is 0 Å². The molecule has 1 aliphatic rings. The van der Waals surface area contributed by atoms with E-state index in [0.29, 0.717) is 6.42 Å². The van der Waals surface area contributed by atoms with E-state index in [0.717, 1.165) is 46.4 Å². The fraction of sp³-hybridized carbons (Fsp3) is 0.167. The highest BCUT2D eigenvalue weighted by atomic mass is 31.0. The topological polar surface area (TPSA) is 31.2 Å². The Kier molecular flexibility index (Phi) is 3.24. The van der Waals surface area contributed by atoms with Crippen LogP contribution in [0.15, 0.2) is 48.5 Å². The Morgan fingerprint density at radius 3 is 2.55 bits per heavy atom. The molecule has 0 aliphatic heterocycles. The number of aromatic nitrogens is 1. The van der Waals surface area contributed by atoms with Crippen LogP contribution < -0.4 is 4.52 Å².